The van der Waals surface area contributed by atoms with Crippen molar-refractivity contribution in [2.45, 2.75) is 0 Å². The third-order valence-corrected chi connectivity index (χ3v) is 9.32. The van der Waals surface area contributed by atoms with Crippen molar-refractivity contribution in [2.24, 2.45) is 0 Å². The predicted molar refractivity (Wildman–Crippen MR) is 188 cm³/mol. The average molecular weight is 575 g/mol. The number of fused-ring (bicyclic) bond motifs is 10. The summed E-state index contributed by atoms with van der Waals surface area (Å²) in [4.78, 5) is 0. The Kier molecular flexibility index (Phi) is 5.00. The first kappa shape index (κ1) is 24.4. The van der Waals surface area contributed by atoms with Crippen LogP contribution in [0.2, 0.25) is 0 Å². The van der Waals surface area contributed by atoms with Crippen molar-refractivity contribution in [1.82, 2.24) is 9.13 Å². The highest BCUT2D eigenvalue weighted by Crippen LogP contribution is 2.42. The first-order valence-corrected chi connectivity index (χ1v) is 15.4. The van der Waals surface area contributed by atoms with E-state index in [0.29, 0.717) is 0 Å². The maximum absolute atomic E-state index is 6.63. The minimum Gasteiger partial charge on any atom is -0.454 e. The Labute approximate surface area is 258 Å². The number of hydrogen-bond acceptors (Lipinski definition) is 1. The fourth-order valence-corrected chi connectivity index (χ4v) is 7.41. The highest BCUT2D eigenvalue weighted by atomic mass is 16.3. The van der Waals surface area contributed by atoms with Crippen LogP contribution in [0.25, 0.3) is 88.1 Å². The molecule has 210 valence electrons. The van der Waals surface area contributed by atoms with Gasteiger partial charge in [0.05, 0.1) is 27.8 Å². The number of furan rings is 1. The highest BCUT2D eigenvalue weighted by Gasteiger charge is 2.21. The maximum atomic E-state index is 6.63. The van der Waals surface area contributed by atoms with E-state index >= 15 is 0 Å². The molecular formula is C42H26N2O. The fraction of sp³-hybridized carbons (Fsp3) is 0. The predicted octanol–water partition coefficient (Wildman–Crippen LogP) is 11.4. The summed E-state index contributed by atoms with van der Waals surface area (Å²) >= 11 is 0. The fourth-order valence-electron chi connectivity index (χ4n) is 7.41. The lowest BCUT2D eigenvalue weighted by atomic mass is 10.0. The molecule has 0 aliphatic rings. The summed E-state index contributed by atoms with van der Waals surface area (Å²) in [6.07, 6.45) is 0. The van der Waals surface area contributed by atoms with Gasteiger partial charge in [-0.25, -0.2) is 0 Å². The standard InChI is InChI=1S/C42H26N2O/c1-6-19-36(44-39-22-9-4-17-32(39)34-24-25-35-33-18-5-10-23-40(33)45-42(35)41(34)44)29(14-1)27-12-11-13-28(26-27)43-37-20-7-2-15-30(37)31-16-3-8-21-38(31)43/h1-26H. The summed E-state index contributed by atoms with van der Waals surface area (Å²) in [5.41, 5.74) is 11.1. The maximum Gasteiger partial charge on any atom is 0.160 e. The van der Waals surface area contributed by atoms with Crippen LogP contribution in [0.3, 0.4) is 0 Å². The van der Waals surface area contributed by atoms with Crippen LogP contribution < -0.4 is 0 Å². The average Bonchev–Trinajstić information content (AvgIpc) is 3.76. The van der Waals surface area contributed by atoms with Gasteiger partial charge in [0.15, 0.2) is 5.58 Å². The number of rotatable bonds is 3. The number of benzene rings is 7. The van der Waals surface area contributed by atoms with Gasteiger partial charge in [0.1, 0.15) is 5.58 Å². The van der Waals surface area contributed by atoms with Crippen molar-refractivity contribution < 1.29 is 4.42 Å². The quantitative estimate of drug-likeness (QED) is 0.206. The van der Waals surface area contributed by atoms with Crippen LogP contribution in [0, 0.1) is 0 Å². The molecular weight excluding hydrogens is 548 g/mol. The largest absolute Gasteiger partial charge is 0.454 e. The molecule has 0 unspecified atom stereocenters. The molecule has 3 aromatic heterocycles. The first-order valence-electron chi connectivity index (χ1n) is 15.4. The van der Waals surface area contributed by atoms with Gasteiger partial charge in [-0.05, 0) is 54.1 Å². The molecule has 3 heteroatoms. The number of hydrogen-bond donors (Lipinski definition) is 0. The molecule has 0 bridgehead atoms. The van der Waals surface area contributed by atoms with E-state index in [1.807, 2.05) is 6.07 Å². The lowest BCUT2D eigenvalue weighted by Gasteiger charge is -2.15. The Hall–Kier alpha value is -6.06. The van der Waals surface area contributed by atoms with Crippen molar-refractivity contribution in [3.63, 3.8) is 0 Å². The number of aromatic nitrogens is 2. The van der Waals surface area contributed by atoms with Gasteiger partial charge in [-0.3, -0.25) is 0 Å². The Morgan fingerprint density at radius 2 is 0.978 bits per heavy atom. The van der Waals surface area contributed by atoms with E-state index in [2.05, 4.69) is 161 Å². The molecule has 0 N–H and O–H groups in total. The van der Waals surface area contributed by atoms with E-state index in [4.69, 9.17) is 4.42 Å². The molecule has 45 heavy (non-hydrogen) atoms. The Balaban J connectivity index is 1.27. The van der Waals surface area contributed by atoms with Crippen LogP contribution in [0.5, 0.6) is 0 Å². The van der Waals surface area contributed by atoms with Gasteiger partial charge >= 0.3 is 0 Å². The molecule has 0 aliphatic carbocycles. The Morgan fingerprint density at radius 1 is 0.400 bits per heavy atom. The molecule has 7 aromatic carbocycles. The van der Waals surface area contributed by atoms with Gasteiger partial charge < -0.3 is 13.6 Å². The lowest BCUT2D eigenvalue weighted by Crippen LogP contribution is -1.98. The smallest absolute Gasteiger partial charge is 0.160 e. The van der Waals surface area contributed by atoms with Crippen LogP contribution in [0.4, 0.5) is 0 Å². The summed E-state index contributed by atoms with van der Waals surface area (Å²) in [5.74, 6) is 0. The number of nitrogens with zero attached hydrogens (tertiary/aromatic N) is 2. The van der Waals surface area contributed by atoms with E-state index in [-0.39, 0.29) is 0 Å². The summed E-state index contributed by atoms with van der Waals surface area (Å²) in [6.45, 7) is 0. The molecule has 0 saturated heterocycles. The SMILES string of the molecule is c1cc(-c2ccccc2-n2c3ccccc3c3ccc4c5ccccc5oc4c32)cc(-n2c3ccccc3c3ccccc32)c1. The lowest BCUT2D eigenvalue weighted by molar-refractivity contribution is 0.671. The highest BCUT2D eigenvalue weighted by molar-refractivity contribution is 6.21. The number of para-hydroxylation sites is 5. The van der Waals surface area contributed by atoms with Crippen LogP contribution in [-0.2, 0) is 0 Å². The van der Waals surface area contributed by atoms with Crippen LogP contribution in [-0.4, -0.2) is 9.13 Å². The normalized spacial score (nSPS) is 12.0. The Bertz CT molecular complexity index is 2720. The summed E-state index contributed by atoms with van der Waals surface area (Å²) in [5, 5.41) is 7.19. The zero-order chi connectivity index (χ0) is 29.5. The second-order valence-electron chi connectivity index (χ2n) is 11.7. The van der Waals surface area contributed by atoms with Gasteiger partial charge in [-0.2, -0.15) is 0 Å². The molecule has 3 nitrogen and oxygen atoms in total. The molecule has 0 atom stereocenters. The zero-order valence-electron chi connectivity index (χ0n) is 24.3. The van der Waals surface area contributed by atoms with Crippen LogP contribution in [0.1, 0.15) is 0 Å². The van der Waals surface area contributed by atoms with Gasteiger partial charge in [0.25, 0.3) is 0 Å². The van der Waals surface area contributed by atoms with Crippen molar-refractivity contribution >= 4 is 65.6 Å². The molecule has 10 rings (SSSR count). The summed E-state index contributed by atoms with van der Waals surface area (Å²) in [7, 11) is 0. The van der Waals surface area contributed by atoms with E-state index in [0.717, 1.165) is 55.5 Å². The van der Waals surface area contributed by atoms with Crippen LogP contribution >= 0.6 is 0 Å². The third kappa shape index (κ3) is 3.41. The zero-order valence-corrected chi connectivity index (χ0v) is 24.3. The van der Waals surface area contributed by atoms with Crippen molar-refractivity contribution in [1.29, 1.82) is 0 Å². The van der Waals surface area contributed by atoms with E-state index < -0.39 is 0 Å². The molecule has 3 heterocycles. The second-order valence-corrected chi connectivity index (χ2v) is 11.7. The van der Waals surface area contributed by atoms with Crippen molar-refractivity contribution in [2.75, 3.05) is 0 Å². The molecule has 10 aromatic rings. The topological polar surface area (TPSA) is 23.0 Å². The first-order chi connectivity index (χ1) is 22.3. The summed E-state index contributed by atoms with van der Waals surface area (Å²) in [6, 6.07) is 56.5. The molecule has 0 aliphatic heterocycles. The molecule has 0 saturated carbocycles. The van der Waals surface area contributed by atoms with Crippen LogP contribution in [0.15, 0.2) is 162 Å². The Morgan fingerprint density at radius 3 is 1.73 bits per heavy atom. The molecule has 0 amide bonds. The van der Waals surface area contributed by atoms with Gasteiger partial charge in [-0.1, -0.05) is 109 Å². The molecule has 0 radical (unpaired) electrons. The van der Waals surface area contributed by atoms with Gasteiger partial charge in [0, 0.05) is 43.6 Å². The van der Waals surface area contributed by atoms with E-state index in [1.165, 1.54) is 32.6 Å². The monoisotopic (exact) mass is 574 g/mol. The van der Waals surface area contributed by atoms with E-state index in [1.54, 1.807) is 0 Å². The summed E-state index contributed by atoms with van der Waals surface area (Å²) < 4.78 is 11.4. The molecule has 0 spiro atoms. The second kappa shape index (κ2) is 9.22. The van der Waals surface area contributed by atoms with Gasteiger partial charge in [0.2, 0.25) is 0 Å². The minimum atomic E-state index is 0.906. The van der Waals surface area contributed by atoms with E-state index in [9.17, 15) is 0 Å². The minimum absolute atomic E-state index is 0.906. The molecule has 0 fully saturated rings. The van der Waals surface area contributed by atoms with Crippen molar-refractivity contribution in [3.05, 3.63) is 158 Å². The third-order valence-electron chi connectivity index (χ3n) is 9.32. The van der Waals surface area contributed by atoms with Crippen molar-refractivity contribution in [3.8, 4) is 22.5 Å². The van der Waals surface area contributed by atoms with Gasteiger partial charge in [-0.15, -0.1) is 0 Å².